The quantitative estimate of drug-likeness (QED) is 0.822. The van der Waals surface area contributed by atoms with Crippen molar-refractivity contribution in [3.8, 4) is 0 Å². The number of aliphatic hydroxyl groups is 1. The van der Waals surface area contributed by atoms with Crippen molar-refractivity contribution in [1.82, 2.24) is 10.1 Å². The predicted molar refractivity (Wildman–Crippen MR) is 96.7 cm³/mol. The standard InChI is InChI=1S/C19H25N3O4/c1-14-12-16(21-26-14)20-18(23)17(15-6-4-3-5-7-15)22-10-8-19(24,9-11-22)13-25-2/h3-7,12,17,24H,8-11,13H2,1-2H3,(H,20,21,23). The number of rotatable bonds is 6. The zero-order chi connectivity index (χ0) is 18.6. The summed E-state index contributed by atoms with van der Waals surface area (Å²) in [7, 11) is 1.59. The molecular weight excluding hydrogens is 334 g/mol. The van der Waals surface area contributed by atoms with Gasteiger partial charge in [-0.05, 0) is 25.3 Å². The lowest BCUT2D eigenvalue weighted by Crippen LogP contribution is -2.50. The van der Waals surface area contributed by atoms with E-state index in [1.165, 1.54) is 0 Å². The van der Waals surface area contributed by atoms with Crippen molar-refractivity contribution < 1.29 is 19.2 Å². The lowest BCUT2D eigenvalue weighted by atomic mass is 9.90. The van der Waals surface area contributed by atoms with E-state index in [1.807, 2.05) is 30.3 Å². The third kappa shape index (κ3) is 4.30. The molecule has 0 aliphatic carbocycles. The number of benzene rings is 1. The summed E-state index contributed by atoms with van der Waals surface area (Å²) in [5.74, 6) is 0.877. The molecule has 3 rings (SSSR count). The molecular formula is C19H25N3O4. The lowest BCUT2D eigenvalue weighted by molar-refractivity contribution is -0.125. The van der Waals surface area contributed by atoms with Gasteiger partial charge in [-0.25, -0.2) is 0 Å². The summed E-state index contributed by atoms with van der Waals surface area (Å²) in [6.45, 7) is 3.29. The van der Waals surface area contributed by atoms with Crippen LogP contribution in [0.1, 0.15) is 30.2 Å². The van der Waals surface area contributed by atoms with Crippen molar-refractivity contribution >= 4 is 11.7 Å². The molecule has 1 amide bonds. The summed E-state index contributed by atoms with van der Waals surface area (Å²) in [4.78, 5) is 15.1. The molecule has 26 heavy (non-hydrogen) atoms. The Balaban J connectivity index is 1.77. The molecule has 0 radical (unpaired) electrons. The lowest BCUT2D eigenvalue weighted by Gasteiger charge is -2.40. The summed E-state index contributed by atoms with van der Waals surface area (Å²) in [5.41, 5.74) is 0.0778. The van der Waals surface area contributed by atoms with Crippen LogP contribution in [0.4, 0.5) is 5.82 Å². The van der Waals surface area contributed by atoms with Gasteiger partial charge in [-0.15, -0.1) is 0 Å². The van der Waals surface area contributed by atoms with Gasteiger partial charge in [0.2, 0.25) is 5.91 Å². The molecule has 0 spiro atoms. The number of anilines is 1. The number of carbonyl (C=O) groups is 1. The third-order valence-corrected chi connectivity index (χ3v) is 4.75. The van der Waals surface area contributed by atoms with Crippen LogP contribution in [0.3, 0.4) is 0 Å². The molecule has 1 atom stereocenters. The number of ether oxygens (including phenoxy) is 1. The molecule has 7 heteroatoms. The Kier molecular flexibility index (Phi) is 5.70. The fourth-order valence-electron chi connectivity index (χ4n) is 3.39. The maximum absolute atomic E-state index is 13.0. The average molecular weight is 359 g/mol. The Morgan fingerprint density at radius 2 is 2.08 bits per heavy atom. The van der Waals surface area contributed by atoms with E-state index in [-0.39, 0.29) is 5.91 Å². The summed E-state index contributed by atoms with van der Waals surface area (Å²) in [5, 5.41) is 17.2. The number of amides is 1. The fourth-order valence-corrected chi connectivity index (χ4v) is 3.39. The largest absolute Gasteiger partial charge is 0.387 e. The first kappa shape index (κ1) is 18.6. The summed E-state index contributed by atoms with van der Waals surface area (Å²) >= 11 is 0. The molecule has 7 nitrogen and oxygen atoms in total. The first-order chi connectivity index (χ1) is 12.5. The van der Waals surface area contributed by atoms with Gasteiger partial charge in [0.15, 0.2) is 5.82 Å². The number of piperidine rings is 1. The van der Waals surface area contributed by atoms with E-state index in [4.69, 9.17) is 9.26 Å². The van der Waals surface area contributed by atoms with Crippen molar-refractivity contribution in [2.75, 3.05) is 32.1 Å². The van der Waals surface area contributed by atoms with Crippen LogP contribution in [0.15, 0.2) is 40.9 Å². The molecule has 2 heterocycles. The fraction of sp³-hybridized carbons (Fsp3) is 0.474. The van der Waals surface area contributed by atoms with E-state index in [9.17, 15) is 9.90 Å². The zero-order valence-corrected chi connectivity index (χ0v) is 15.1. The maximum Gasteiger partial charge on any atom is 0.247 e. The number of carbonyl (C=O) groups excluding carboxylic acids is 1. The maximum atomic E-state index is 13.0. The molecule has 1 unspecified atom stereocenters. The number of aryl methyl sites for hydroxylation is 1. The highest BCUT2D eigenvalue weighted by Gasteiger charge is 2.37. The minimum atomic E-state index is -0.827. The van der Waals surface area contributed by atoms with Gasteiger partial charge < -0.3 is 19.7 Å². The van der Waals surface area contributed by atoms with Gasteiger partial charge in [0.25, 0.3) is 0 Å². The second-order valence-corrected chi connectivity index (χ2v) is 6.82. The highest BCUT2D eigenvalue weighted by molar-refractivity contribution is 5.94. The number of nitrogens with zero attached hydrogens (tertiary/aromatic N) is 2. The minimum Gasteiger partial charge on any atom is -0.387 e. The van der Waals surface area contributed by atoms with Crippen molar-refractivity contribution in [3.05, 3.63) is 47.7 Å². The topological polar surface area (TPSA) is 87.8 Å². The first-order valence-corrected chi connectivity index (χ1v) is 8.75. The van der Waals surface area contributed by atoms with Crippen LogP contribution in [-0.4, -0.2) is 53.5 Å². The van der Waals surface area contributed by atoms with Crippen LogP contribution >= 0.6 is 0 Å². The molecule has 140 valence electrons. The van der Waals surface area contributed by atoms with E-state index in [1.54, 1.807) is 20.1 Å². The average Bonchev–Trinajstić information content (AvgIpc) is 3.03. The third-order valence-electron chi connectivity index (χ3n) is 4.75. The van der Waals surface area contributed by atoms with Crippen LogP contribution in [0.5, 0.6) is 0 Å². The van der Waals surface area contributed by atoms with Gasteiger partial charge in [-0.2, -0.15) is 0 Å². The van der Waals surface area contributed by atoms with Crippen molar-refractivity contribution in [1.29, 1.82) is 0 Å². The van der Waals surface area contributed by atoms with Crippen molar-refractivity contribution in [2.45, 2.75) is 31.4 Å². The normalized spacial score (nSPS) is 18.4. The first-order valence-electron chi connectivity index (χ1n) is 8.75. The number of hydrogen-bond donors (Lipinski definition) is 2. The molecule has 1 aliphatic heterocycles. The second kappa shape index (κ2) is 7.99. The highest BCUT2D eigenvalue weighted by atomic mass is 16.5. The predicted octanol–water partition coefficient (Wildman–Crippen LogP) is 2.14. The monoisotopic (exact) mass is 359 g/mol. The van der Waals surface area contributed by atoms with Gasteiger partial charge >= 0.3 is 0 Å². The van der Waals surface area contributed by atoms with E-state index < -0.39 is 11.6 Å². The summed E-state index contributed by atoms with van der Waals surface area (Å²) in [6.07, 6.45) is 1.11. The smallest absolute Gasteiger partial charge is 0.247 e. The molecule has 1 aliphatic rings. The van der Waals surface area contributed by atoms with E-state index in [2.05, 4.69) is 15.4 Å². The van der Waals surface area contributed by atoms with Crippen LogP contribution in [0.25, 0.3) is 0 Å². The Morgan fingerprint density at radius 1 is 1.38 bits per heavy atom. The number of nitrogens with one attached hydrogen (secondary N) is 1. The van der Waals surface area contributed by atoms with Gasteiger partial charge in [0.05, 0.1) is 12.2 Å². The molecule has 1 aromatic heterocycles. The van der Waals surface area contributed by atoms with Crippen molar-refractivity contribution in [2.24, 2.45) is 0 Å². The highest BCUT2D eigenvalue weighted by Crippen LogP contribution is 2.30. The Morgan fingerprint density at radius 3 is 2.65 bits per heavy atom. The molecule has 0 bridgehead atoms. The zero-order valence-electron chi connectivity index (χ0n) is 15.1. The number of aromatic nitrogens is 1. The molecule has 1 aromatic carbocycles. The summed E-state index contributed by atoms with van der Waals surface area (Å²) < 4.78 is 10.2. The van der Waals surface area contributed by atoms with Gasteiger partial charge in [0, 0.05) is 26.3 Å². The molecule has 0 saturated carbocycles. The van der Waals surface area contributed by atoms with E-state index >= 15 is 0 Å². The number of likely N-dealkylation sites (tertiary alicyclic amines) is 1. The number of methoxy groups -OCH3 is 1. The summed E-state index contributed by atoms with van der Waals surface area (Å²) in [6, 6.07) is 10.9. The van der Waals surface area contributed by atoms with Gasteiger partial charge in [0.1, 0.15) is 11.8 Å². The number of hydrogen-bond acceptors (Lipinski definition) is 6. The minimum absolute atomic E-state index is 0.165. The Bertz CT molecular complexity index is 723. The van der Waals surface area contributed by atoms with Crippen LogP contribution in [-0.2, 0) is 9.53 Å². The molecule has 1 saturated heterocycles. The molecule has 2 aromatic rings. The Labute approximate surface area is 152 Å². The van der Waals surface area contributed by atoms with Crippen LogP contribution < -0.4 is 5.32 Å². The van der Waals surface area contributed by atoms with Gasteiger partial charge in [-0.1, -0.05) is 35.5 Å². The van der Waals surface area contributed by atoms with Crippen LogP contribution in [0.2, 0.25) is 0 Å². The van der Waals surface area contributed by atoms with E-state index in [0.717, 1.165) is 5.56 Å². The van der Waals surface area contributed by atoms with Crippen LogP contribution in [0, 0.1) is 6.92 Å². The second-order valence-electron chi connectivity index (χ2n) is 6.82. The Hall–Kier alpha value is -2.22. The SMILES string of the molecule is COCC1(O)CCN(C(C(=O)Nc2cc(C)on2)c2ccccc2)CC1. The van der Waals surface area contributed by atoms with Gasteiger partial charge in [-0.3, -0.25) is 9.69 Å². The molecule has 1 fully saturated rings. The molecule has 2 N–H and O–H groups in total. The van der Waals surface area contributed by atoms with E-state index in [0.29, 0.717) is 44.1 Å². The van der Waals surface area contributed by atoms with Crippen molar-refractivity contribution in [3.63, 3.8) is 0 Å².